The highest BCUT2D eigenvalue weighted by atomic mass is 35.5. The van der Waals surface area contributed by atoms with Gasteiger partial charge in [0.15, 0.2) is 0 Å². The zero-order chi connectivity index (χ0) is 8.97. The highest BCUT2D eigenvalue weighted by molar-refractivity contribution is 5.85. The van der Waals surface area contributed by atoms with E-state index in [4.69, 9.17) is 5.11 Å². The summed E-state index contributed by atoms with van der Waals surface area (Å²) in [5, 5.41) is 8.59. The maximum Gasteiger partial charge on any atom is 0.307 e. The Bertz CT molecular complexity index is 284. The number of hydrogen-bond donors (Lipinski definition) is 1. The fourth-order valence-electron chi connectivity index (χ4n) is 1.24. The third-order valence-corrected chi connectivity index (χ3v) is 1.84. The second-order valence-corrected chi connectivity index (χ2v) is 2.69. The van der Waals surface area contributed by atoms with Crippen molar-refractivity contribution in [3.63, 3.8) is 0 Å². The summed E-state index contributed by atoms with van der Waals surface area (Å²) >= 11 is 0. The summed E-state index contributed by atoms with van der Waals surface area (Å²) in [6.07, 6.45) is 1.02. The van der Waals surface area contributed by atoms with Crippen molar-refractivity contribution in [1.82, 2.24) is 0 Å². The number of halogens is 1. The van der Waals surface area contributed by atoms with Gasteiger partial charge in [0.05, 0.1) is 6.42 Å². The Balaban J connectivity index is 0.00000144. The lowest BCUT2D eigenvalue weighted by molar-refractivity contribution is -0.136. The molecule has 13 heavy (non-hydrogen) atoms. The minimum atomic E-state index is -0.768. The van der Waals surface area contributed by atoms with E-state index < -0.39 is 5.97 Å². The van der Waals surface area contributed by atoms with Crippen LogP contribution in [-0.4, -0.2) is 11.1 Å². The molecule has 0 spiro atoms. The molecule has 72 valence electrons. The van der Waals surface area contributed by atoms with E-state index in [1.54, 1.807) is 0 Å². The van der Waals surface area contributed by atoms with Gasteiger partial charge in [-0.25, -0.2) is 0 Å². The van der Waals surface area contributed by atoms with Crippen molar-refractivity contribution < 1.29 is 9.90 Å². The number of benzene rings is 1. The fourth-order valence-corrected chi connectivity index (χ4v) is 1.24. The largest absolute Gasteiger partial charge is 0.481 e. The summed E-state index contributed by atoms with van der Waals surface area (Å²) in [6.45, 7) is 2.03. The monoisotopic (exact) mass is 200 g/mol. The summed E-state index contributed by atoms with van der Waals surface area (Å²) in [7, 11) is 0. The molecule has 0 bridgehead atoms. The first-order valence-corrected chi connectivity index (χ1v) is 4.02. The van der Waals surface area contributed by atoms with Gasteiger partial charge in [0.2, 0.25) is 0 Å². The standard InChI is InChI=1S/C10H12O2.ClH/c1-2-8-5-3-4-6-9(8)7-10(11)12;/h3-6H,2,7H2,1H3,(H,11,12);1H. The Kier molecular flexibility index (Phi) is 5.16. The third kappa shape index (κ3) is 3.47. The second-order valence-electron chi connectivity index (χ2n) is 2.69. The molecule has 1 aromatic carbocycles. The van der Waals surface area contributed by atoms with Gasteiger partial charge in [-0.1, -0.05) is 31.2 Å². The fraction of sp³-hybridized carbons (Fsp3) is 0.300. The number of carboxylic acid groups (broad SMARTS) is 1. The van der Waals surface area contributed by atoms with Crippen molar-refractivity contribution in [3.05, 3.63) is 35.4 Å². The molecule has 0 radical (unpaired) electrons. The van der Waals surface area contributed by atoms with E-state index in [2.05, 4.69) is 0 Å². The Labute approximate surface area is 84.0 Å². The Morgan fingerprint density at radius 2 is 1.85 bits per heavy atom. The van der Waals surface area contributed by atoms with E-state index in [0.717, 1.165) is 17.5 Å². The van der Waals surface area contributed by atoms with Crippen molar-refractivity contribution in [2.75, 3.05) is 0 Å². The maximum absolute atomic E-state index is 10.4. The normalized spacial score (nSPS) is 9.00. The minimum absolute atomic E-state index is 0. The van der Waals surface area contributed by atoms with E-state index in [-0.39, 0.29) is 18.8 Å². The van der Waals surface area contributed by atoms with Gasteiger partial charge in [-0.05, 0) is 17.5 Å². The van der Waals surface area contributed by atoms with Gasteiger partial charge < -0.3 is 5.11 Å². The Morgan fingerprint density at radius 3 is 2.31 bits per heavy atom. The first-order chi connectivity index (χ1) is 5.74. The van der Waals surface area contributed by atoms with Crippen LogP contribution in [0.5, 0.6) is 0 Å². The van der Waals surface area contributed by atoms with Gasteiger partial charge in [-0.15, -0.1) is 12.4 Å². The first kappa shape index (κ1) is 12.0. The van der Waals surface area contributed by atoms with E-state index >= 15 is 0 Å². The van der Waals surface area contributed by atoms with Crippen molar-refractivity contribution in [1.29, 1.82) is 0 Å². The molecule has 0 heterocycles. The predicted octanol–water partition coefficient (Wildman–Crippen LogP) is 2.30. The van der Waals surface area contributed by atoms with E-state index in [0.29, 0.717) is 0 Å². The summed E-state index contributed by atoms with van der Waals surface area (Å²) in [5.41, 5.74) is 2.05. The van der Waals surface area contributed by atoms with Crippen LogP contribution in [0.25, 0.3) is 0 Å². The summed E-state index contributed by atoms with van der Waals surface area (Å²) in [6, 6.07) is 7.65. The van der Waals surface area contributed by atoms with Gasteiger partial charge in [-0.2, -0.15) is 0 Å². The van der Waals surface area contributed by atoms with Crippen molar-refractivity contribution in [2.45, 2.75) is 19.8 Å². The summed E-state index contributed by atoms with van der Waals surface area (Å²) < 4.78 is 0. The van der Waals surface area contributed by atoms with Gasteiger partial charge >= 0.3 is 5.97 Å². The molecule has 0 aliphatic heterocycles. The van der Waals surface area contributed by atoms with Gasteiger partial charge in [0, 0.05) is 0 Å². The molecule has 0 aromatic heterocycles. The lowest BCUT2D eigenvalue weighted by Gasteiger charge is -2.03. The van der Waals surface area contributed by atoms with Crippen molar-refractivity contribution in [3.8, 4) is 0 Å². The molecule has 1 N–H and O–H groups in total. The second kappa shape index (κ2) is 5.60. The van der Waals surface area contributed by atoms with Gasteiger partial charge in [0.25, 0.3) is 0 Å². The van der Waals surface area contributed by atoms with Gasteiger partial charge in [-0.3, -0.25) is 4.79 Å². The van der Waals surface area contributed by atoms with E-state index in [1.165, 1.54) is 0 Å². The third-order valence-electron chi connectivity index (χ3n) is 1.84. The average molecular weight is 201 g/mol. The number of rotatable bonds is 3. The summed E-state index contributed by atoms with van der Waals surface area (Å²) in [4.78, 5) is 10.4. The first-order valence-electron chi connectivity index (χ1n) is 4.02. The van der Waals surface area contributed by atoms with Crippen LogP contribution in [0.3, 0.4) is 0 Å². The van der Waals surface area contributed by atoms with Crippen LogP contribution in [-0.2, 0) is 17.6 Å². The molecule has 0 saturated carbocycles. The Morgan fingerprint density at radius 1 is 1.31 bits per heavy atom. The molecule has 0 atom stereocenters. The number of carbonyl (C=O) groups is 1. The van der Waals surface area contributed by atoms with Crippen LogP contribution >= 0.6 is 12.4 Å². The van der Waals surface area contributed by atoms with Crippen LogP contribution in [0.1, 0.15) is 18.1 Å². The SMILES string of the molecule is CCc1ccccc1CC(=O)O.Cl. The molecular formula is C10H13ClO2. The van der Waals surface area contributed by atoms with Crippen molar-refractivity contribution in [2.24, 2.45) is 0 Å². The molecule has 0 saturated heterocycles. The molecule has 0 unspecified atom stereocenters. The highest BCUT2D eigenvalue weighted by Crippen LogP contribution is 2.09. The molecular weight excluding hydrogens is 188 g/mol. The molecule has 2 nitrogen and oxygen atoms in total. The zero-order valence-corrected chi connectivity index (χ0v) is 8.30. The molecule has 0 aliphatic carbocycles. The highest BCUT2D eigenvalue weighted by Gasteiger charge is 2.03. The quantitative estimate of drug-likeness (QED) is 0.813. The number of aryl methyl sites for hydroxylation is 1. The van der Waals surface area contributed by atoms with E-state index in [1.807, 2.05) is 31.2 Å². The molecule has 0 fully saturated rings. The Hall–Kier alpha value is -1.02. The maximum atomic E-state index is 10.4. The lowest BCUT2D eigenvalue weighted by Crippen LogP contribution is -2.02. The van der Waals surface area contributed by atoms with Gasteiger partial charge in [0.1, 0.15) is 0 Å². The number of carboxylic acids is 1. The van der Waals surface area contributed by atoms with E-state index in [9.17, 15) is 4.79 Å². The average Bonchev–Trinajstić information content (AvgIpc) is 2.04. The molecule has 1 rings (SSSR count). The van der Waals surface area contributed by atoms with Crippen LogP contribution in [0.15, 0.2) is 24.3 Å². The number of hydrogen-bond acceptors (Lipinski definition) is 1. The van der Waals surface area contributed by atoms with Crippen LogP contribution < -0.4 is 0 Å². The van der Waals surface area contributed by atoms with Crippen LogP contribution in [0, 0.1) is 0 Å². The molecule has 3 heteroatoms. The predicted molar refractivity (Wildman–Crippen MR) is 54.4 cm³/mol. The minimum Gasteiger partial charge on any atom is -0.481 e. The topological polar surface area (TPSA) is 37.3 Å². The smallest absolute Gasteiger partial charge is 0.307 e. The van der Waals surface area contributed by atoms with Crippen molar-refractivity contribution >= 4 is 18.4 Å². The lowest BCUT2D eigenvalue weighted by atomic mass is 10.0. The zero-order valence-electron chi connectivity index (χ0n) is 7.49. The molecule has 0 aliphatic rings. The molecule has 1 aromatic rings. The van der Waals surface area contributed by atoms with Crippen LogP contribution in [0.2, 0.25) is 0 Å². The number of aliphatic carboxylic acids is 1. The van der Waals surface area contributed by atoms with Crippen LogP contribution in [0.4, 0.5) is 0 Å². The molecule has 0 amide bonds. The summed E-state index contributed by atoms with van der Waals surface area (Å²) in [5.74, 6) is -0.768.